The van der Waals surface area contributed by atoms with E-state index in [0.29, 0.717) is 13.2 Å². The fourth-order valence-electron chi connectivity index (χ4n) is 2.29. The molecule has 6 heteroatoms. The Balaban J connectivity index is 2.19. The molecule has 1 atom stereocenters. The first-order valence-corrected chi connectivity index (χ1v) is 6.13. The van der Waals surface area contributed by atoms with Crippen molar-refractivity contribution in [3.05, 3.63) is 29.6 Å². The number of pyridine rings is 1. The standard InChI is InChI=1S/C13H16N2O4/c1-19-8-9-4-3-7-15(9)12(16)10-5-2-6-11(14-10)13(17)18/h2,5-6,9H,3-4,7-8H2,1H3,(H,17,18)/t9-/m1/s1. The minimum atomic E-state index is -1.13. The molecule has 0 saturated carbocycles. The third-order valence-corrected chi connectivity index (χ3v) is 3.18. The molecule has 1 fully saturated rings. The molecular formula is C13H16N2O4. The fraction of sp³-hybridized carbons (Fsp3) is 0.462. The van der Waals surface area contributed by atoms with Crippen LogP contribution in [0.3, 0.4) is 0 Å². The van der Waals surface area contributed by atoms with Gasteiger partial charge in [-0.1, -0.05) is 6.07 Å². The average Bonchev–Trinajstić information content (AvgIpc) is 2.86. The van der Waals surface area contributed by atoms with Crippen LogP contribution in [0.5, 0.6) is 0 Å². The van der Waals surface area contributed by atoms with Gasteiger partial charge < -0.3 is 14.7 Å². The quantitative estimate of drug-likeness (QED) is 0.878. The van der Waals surface area contributed by atoms with Gasteiger partial charge >= 0.3 is 5.97 Å². The molecule has 1 aliphatic heterocycles. The van der Waals surface area contributed by atoms with Crippen LogP contribution < -0.4 is 0 Å². The number of rotatable bonds is 4. The van der Waals surface area contributed by atoms with Gasteiger partial charge in [-0.15, -0.1) is 0 Å². The number of carboxylic acids is 1. The Labute approximate surface area is 111 Å². The number of carbonyl (C=O) groups excluding carboxylic acids is 1. The maximum absolute atomic E-state index is 12.3. The summed E-state index contributed by atoms with van der Waals surface area (Å²) in [5, 5.41) is 8.89. The maximum atomic E-state index is 12.3. The summed E-state index contributed by atoms with van der Waals surface area (Å²) in [5.41, 5.74) is 0.0521. The number of hydrogen-bond acceptors (Lipinski definition) is 4. The number of aromatic carboxylic acids is 1. The van der Waals surface area contributed by atoms with Crippen molar-refractivity contribution in [2.45, 2.75) is 18.9 Å². The lowest BCUT2D eigenvalue weighted by atomic mass is 10.2. The van der Waals surface area contributed by atoms with Gasteiger partial charge in [0.25, 0.3) is 5.91 Å². The van der Waals surface area contributed by atoms with Crippen LogP contribution in [0.4, 0.5) is 0 Å². The monoisotopic (exact) mass is 264 g/mol. The van der Waals surface area contributed by atoms with Crippen LogP contribution in [0, 0.1) is 0 Å². The molecule has 0 aliphatic carbocycles. The van der Waals surface area contributed by atoms with Crippen LogP contribution in [0.25, 0.3) is 0 Å². The predicted molar refractivity (Wildman–Crippen MR) is 67.1 cm³/mol. The van der Waals surface area contributed by atoms with E-state index in [4.69, 9.17) is 9.84 Å². The molecule has 0 radical (unpaired) electrons. The van der Waals surface area contributed by atoms with Crippen molar-refractivity contribution in [2.24, 2.45) is 0 Å². The third kappa shape index (κ3) is 2.90. The molecule has 19 heavy (non-hydrogen) atoms. The average molecular weight is 264 g/mol. The summed E-state index contributed by atoms with van der Waals surface area (Å²) in [4.78, 5) is 28.8. The summed E-state index contributed by atoms with van der Waals surface area (Å²) in [5.74, 6) is -1.37. The molecule has 1 amide bonds. The van der Waals surface area contributed by atoms with Gasteiger partial charge in [0.2, 0.25) is 0 Å². The van der Waals surface area contributed by atoms with Gasteiger partial charge in [0.1, 0.15) is 11.4 Å². The van der Waals surface area contributed by atoms with E-state index in [9.17, 15) is 9.59 Å². The predicted octanol–water partition coefficient (Wildman–Crippen LogP) is 1.03. The van der Waals surface area contributed by atoms with Crippen LogP contribution in [-0.2, 0) is 4.74 Å². The molecule has 2 rings (SSSR count). The topological polar surface area (TPSA) is 79.7 Å². The van der Waals surface area contributed by atoms with E-state index >= 15 is 0 Å². The lowest BCUT2D eigenvalue weighted by Gasteiger charge is -2.23. The Hall–Kier alpha value is -1.95. The van der Waals surface area contributed by atoms with Crippen molar-refractivity contribution in [1.82, 2.24) is 9.88 Å². The molecule has 1 N–H and O–H groups in total. The Morgan fingerprint density at radius 1 is 1.47 bits per heavy atom. The van der Waals surface area contributed by atoms with Crippen molar-refractivity contribution in [2.75, 3.05) is 20.3 Å². The summed E-state index contributed by atoms with van der Waals surface area (Å²) in [6.45, 7) is 1.15. The molecule has 2 heterocycles. The van der Waals surface area contributed by atoms with E-state index in [-0.39, 0.29) is 23.3 Å². The third-order valence-electron chi connectivity index (χ3n) is 3.18. The van der Waals surface area contributed by atoms with Crippen molar-refractivity contribution in [1.29, 1.82) is 0 Å². The van der Waals surface area contributed by atoms with E-state index in [0.717, 1.165) is 12.8 Å². The highest BCUT2D eigenvalue weighted by Crippen LogP contribution is 2.19. The van der Waals surface area contributed by atoms with Gasteiger partial charge in [-0.3, -0.25) is 4.79 Å². The molecule has 6 nitrogen and oxygen atoms in total. The molecule has 1 saturated heterocycles. The van der Waals surface area contributed by atoms with Crippen LogP contribution >= 0.6 is 0 Å². The van der Waals surface area contributed by atoms with Crippen molar-refractivity contribution < 1.29 is 19.4 Å². The molecule has 0 unspecified atom stereocenters. The van der Waals surface area contributed by atoms with Gasteiger partial charge in [-0.05, 0) is 25.0 Å². The lowest BCUT2D eigenvalue weighted by molar-refractivity contribution is 0.0624. The molecular weight excluding hydrogens is 248 g/mol. The normalized spacial score (nSPS) is 18.6. The second-order valence-corrected chi connectivity index (χ2v) is 4.46. The summed E-state index contributed by atoms with van der Waals surface area (Å²) in [6.07, 6.45) is 1.83. The van der Waals surface area contributed by atoms with Crippen molar-refractivity contribution in [3.63, 3.8) is 0 Å². The minimum Gasteiger partial charge on any atom is -0.477 e. The van der Waals surface area contributed by atoms with Gasteiger partial charge in [0.05, 0.1) is 12.6 Å². The Morgan fingerprint density at radius 3 is 2.89 bits per heavy atom. The zero-order valence-electron chi connectivity index (χ0n) is 10.7. The number of likely N-dealkylation sites (tertiary alicyclic amines) is 1. The molecule has 0 spiro atoms. The molecule has 0 aromatic carbocycles. The number of amides is 1. The van der Waals surface area contributed by atoms with Gasteiger partial charge in [-0.25, -0.2) is 9.78 Å². The van der Waals surface area contributed by atoms with E-state index in [1.165, 1.54) is 18.2 Å². The van der Waals surface area contributed by atoms with Gasteiger partial charge in [0.15, 0.2) is 0 Å². The number of carboxylic acid groups (broad SMARTS) is 1. The number of methoxy groups -OCH3 is 1. The zero-order valence-corrected chi connectivity index (χ0v) is 10.7. The van der Waals surface area contributed by atoms with Crippen LogP contribution in [0.2, 0.25) is 0 Å². The summed E-state index contributed by atoms with van der Waals surface area (Å²) in [7, 11) is 1.60. The number of ether oxygens (including phenoxy) is 1. The summed E-state index contributed by atoms with van der Waals surface area (Å²) < 4.78 is 5.10. The molecule has 102 valence electrons. The van der Waals surface area contributed by atoms with Crippen LogP contribution in [0.15, 0.2) is 18.2 Å². The first kappa shape index (κ1) is 13.5. The fourth-order valence-corrected chi connectivity index (χ4v) is 2.29. The summed E-state index contributed by atoms with van der Waals surface area (Å²) >= 11 is 0. The van der Waals surface area contributed by atoms with Crippen LogP contribution in [0.1, 0.15) is 33.8 Å². The number of aromatic nitrogens is 1. The number of hydrogen-bond donors (Lipinski definition) is 1. The first-order valence-electron chi connectivity index (χ1n) is 6.13. The highest BCUT2D eigenvalue weighted by Gasteiger charge is 2.30. The van der Waals surface area contributed by atoms with E-state index in [1.807, 2.05) is 0 Å². The first-order chi connectivity index (χ1) is 9.13. The Morgan fingerprint density at radius 2 is 2.21 bits per heavy atom. The molecule has 1 aliphatic rings. The second kappa shape index (κ2) is 5.79. The Bertz CT molecular complexity index is 489. The SMILES string of the molecule is COC[C@H]1CCCN1C(=O)c1cccc(C(=O)O)n1. The highest BCUT2D eigenvalue weighted by atomic mass is 16.5. The highest BCUT2D eigenvalue weighted by molar-refractivity contribution is 5.94. The van der Waals surface area contributed by atoms with Crippen molar-refractivity contribution in [3.8, 4) is 0 Å². The van der Waals surface area contributed by atoms with E-state index in [2.05, 4.69) is 4.98 Å². The van der Waals surface area contributed by atoms with Gasteiger partial charge in [0, 0.05) is 13.7 Å². The van der Waals surface area contributed by atoms with Crippen LogP contribution in [-0.4, -0.2) is 53.2 Å². The Kier molecular flexibility index (Phi) is 4.11. The van der Waals surface area contributed by atoms with E-state index < -0.39 is 5.97 Å². The summed E-state index contributed by atoms with van der Waals surface area (Å²) in [6, 6.07) is 4.49. The smallest absolute Gasteiger partial charge is 0.354 e. The number of carbonyl (C=O) groups is 2. The molecule has 1 aromatic heterocycles. The van der Waals surface area contributed by atoms with Gasteiger partial charge in [-0.2, -0.15) is 0 Å². The maximum Gasteiger partial charge on any atom is 0.354 e. The molecule has 0 bridgehead atoms. The van der Waals surface area contributed by atoms with E-state index in [1.54, 1.807) is 12.0 Å². The molecule has 1 aromatic rings. The lowest BCUT2D eigenvalue weighted by Crippen LogP contribution is -2.38. The minimum absolute atomic E-state index is 0.0489. The number of nitrogens with zero attached hydrogens (tertiary/aromatic N) is 2. The zero-order chi connectivity index (χ0) is 13.8. The largest absolute Gasteiger partial charge is 0.477 e. The second-order valence-electron chi connectivity index (χ2n) is 4.46. The van der Waals surface area contributed by atoms with Crippen molar-refractivity contribution >= 4 is 11.9 Å².